The van der Waals surface area contributed by atoms with Gasteiger partial charge in [0, 0.05) is 12.6 Å². The highest BCUT2D eigenvalue weighted by molar-refractivity contribution is 7.92. The summed E-state index contributed by atoms with van der Waals surface area (Å²) in [5.41, 5.74) is 2.01. The molecule has 1 N–H and O–H groups in total. The van der Waals surface area contributed by atoms with Crippen molar-refractivity contribution < 1.29 is 17.9 Å². The molecule has 0 saturated carbocycles. The first-order chi connectivity index (χ1) is 14.2. The summed E-state index contributed by atoms with van der Waals surface area (Å²) in [6, 6.07) is 17.9. The van der Waals surface area contributed by atoms with E-state index in [0.717, 1.165) is 0 Å². The first kappa shape index (κ1) is 21.7. The van der Waals surface area contributed by atoms with E-state index in [-0.39, 0.29) is 10.8 Å². The standard InChI is InChI=1S/C22H21ClN2O4S/c1-15-14-16(22(26)24-20-7-5-4-6-19(20)23)8-13-21(15)25(2)30(27,28)18-11-9-17(29-3)10-12-18/h4-14H,1-3H3,(H,24,26). The summed E-state index contributed by atoms with van der Waals surface area (Å²) in [4.78, 5) is 12.7. The molecule has 0 saturated heterocycles. The van der Waals surface area contributed by atoms with Gasteiger partial charge in [0.1, 0.15) is 5.75 Å². The van der Waals surface area contributed by atoms with Crippen molar-refractivity contribution in [1.29, 1.82) is 0 Å². The van der Waals surface area contributed by atoms with Crippen molar-refractivity contribution in [2.75, 3.05) is 23.8 Å². The zero-order chi connectivity index (χ0) is 21.9. The highest BCUT2D eigenvalue weighted by Gasteiger charge is 2.23. The molecule has 0 bridgehead atoms. The number of rotatable bonds is 6. The number of para-hydroxylation sites is 1. The number of hydrogen-bond donors (Lipinski definition) is 1. The number of sulfonamides is 1. The van der Waals surface area contributed by atoms with E-state index >= 15 is 0 Å². The van der Waals surface area contributed by atoms with Gasteiger partial charge in [-0.15, -0.1) is 0 Å². The number of nitrogens with zero attached hydrogens (tertiary/aromatic N) is 1. The van der Waals surface area contributed by atoms with Gasteiger partial charge in [-0.3, -0.25) is 9.10 Å². The number of carbonyl (C=O) groups excluding carboxylic acids is 1. The highest BCUT2D eigenvalue weighted by Crippen LogP contribution is 2.28. The lowest BCUT2D eigenvalue weighted by atomic mass is 10.1. The molecule has 3 rings (SSSR count). The SMILES string of the molecule is COc1ccc(S(=O)(=O)N(C)c2ccc(C(=O)Nc3ccccc3Cl)cc2C)cc1. The van der Waals surface area contributed by atoms with Gasteiger partial charge in [0.25, 0.3) is 15.9 Å². The Kier molecular flexibility index (Phi) is 6.34. The summed E-state index contributed by atoms with van der Waals surface area (Å²) < 4.78 is 32.2. The number of anilines is 2. The molecule has 0 radical (unpaired) electrons. The number of amides is 1. The Labute approximate surface area is 181 Å². The Morgan fingerprint density at radius 2 is 1.70 bits per heavy atom. The fraction of sp³-hybridized carbons (Fsp3) is 0.136. The average molecular weight is 445 g/mol. The molecule has 3 aromatic rings. The van der Waals surface area contributed by atoms with Crippen LogP contribution in [-0.2, 0) is 10.0 Å². The third-order valence-corrected chi connectivity index (χ3v) is 6.75. The molecule has 0 atom stereocenters. The summed E-state index contributed by atoms with van der Waals surface area (Å²) in [5.74, 6) is 0.236. The molecule has 0 aliphatic carbocycles. The highest BCUT2D eigenvalue weighted by atomic mass is 35.5. The summed E-state index contributed by atoms with van der Waals surface area (Å²) in [7, 11) is -0.773. The molecule has 0 heterocycles. The number of methoxy groups -OCH3 is 1. The van der Waals surface area contributed by atoms with E-state index in [9.17, 15) is 13.2 Å². The lowest BCUT2D eigenvalue weighted by Crippen LogP contribution is -2.27. The van der Waals surface area contributed by atoms with Gasteiger partial charge >= 0.3 is 0 Å². The Bertz CT molecular complexity index is 1180. The van der Waals surface area contributed by atoms with Crippen molar-refractivity contribution in [3.8, 4) is 5.75 Å². The first-order valence-corrected chi connectivity index (χ1v) is 10.9. The molecule has 156 valence electrons. The van der Waals surface area contributed by atoms with Crippen LogP contribution in [-0.4, -0.2) is 28.5 Å². The van der Waals surface area contributed by atoms with E-state index in [4.69, 9.17) is 16.3 Å². The maximum absolute atomic E-state index is 13.0. The van der Waals surface area contributed by atoms with Crippen LogP contribution in [0.2, 0.25) is 5.02 Å². The third-order valence-electron chi connectivity index (χ3n) is 4.64. The molecule has 0 aromatic heterocycles. The molecule has 1 amide bonds. The molecule has 0 spiro atoms. The fourth-order valence-electron chi connectivity index (χ4n) is 2.94. The van der Waals surface area contributed by atoms with Gasteiger partial charge in [0.2, 0.25) is 0 Å². The van der Waals surface area contributed by atoms with Crippen LogP contribution in [0.5, 0.6) is 5.75 Å². The zero-order valence-electron chi connectivity index (χ0n) is 16.7. The average Bonchev–Trinajstić information content (AvgIpc) is 2.74. The maximum atomic E-state index is 13.0. The molecular weight excluding hydrogens is 424 g/mol. The van der Waals surface area contributed by atoms with Gasteiger partial charge in [-0.05, 0) is 67.1 Å². The van der Waals surface area contributed by atoms with E-state index < -0.39 is 10.0 Å². The molecule has 3 aromatic carbocycles. The van der Waals surface area contributed by atoms with Crippen LogP contribution in [0.1, 0.15) is 15.9 Å². The minimum Gasteiger partial charge on any atom is -0.497 e. The van der Waals surface area contributed by atoms with Crippen LogP contribution >= 0.6 is 11.6 Å². The van der Waals surface area contributed by atoms with E-state index in [2.05, 4.69) is 5.32 Å². The Morgan fingerprint density at radius 3 is 2.30 bits per heavy atom. The minimum absolute atomic E-state index is 0.144. The minimum atomic E-state index is -3.77. The van der Waals surface area contributed by atoms with Crippen molar-refractivity contribution in [3.63, 3.8) is 0 Å². The number of ether oxygens (including phenoxy) is 1. The van der Waals surface area contributed by atoms with Crippen molar-refractivity contribution in [2.45, 2.75) is 11.8 Å². The molecule has 0 aliphatic rings. The quantitative estimate of drug-likeness (QED) is 0.596. The summed E-state index contributed by atoms with van der Waals surface area (Å²) in [6.07, 6.45) is 0. The summed E-state index contributed by atoms with van der Waals surface area (Å²) >= 11 is 6.09. The topological polar surface area (TPSA) is 75.7 Å². The van der Waals surface area contributed by atoms with Crippen molar-refractivity contribution in [1.82, 2.24) is 0 Å². The predicted octanol–water partition coefficient (Wildman–Crippen LogP) is 4.73. The molecule has 30 heavy (non-hydrogen) atoms. The second-order valence-electron chi connectivity index (χ2n) is 6.58. The first-order valence-electron chi connectivity index (χ1n) is 9.03. The number of benzene rings is 3. The fourth-order valence-corrected chi connectivity index (χ4v) is 4.39. The molecular formula is C22H21ClN2O4S. The van der Waals surface area contributed by atoms with E-state index in [1.807, 2.05) is 0 Å². The van der Waals surface area contributed by atoms with Gasteiger partial charge in [0.05, 0.1) is 28.4 Å². The monoisotopic (exact) mass is 444 g/mol. The summed E-state index contributed by atoms with van der Waals surface area (Å²) in [6.45, 7) is 1.75. The number of halogens is 1. The molecule has 8 heteroatoms. The van der Waals surface area contributed by atoms with Crippen LogP contribution < -0.4 is 14.4 Å². The van der Waals surface area contributed by atoms with Crippen molar-refractivity contribution in [2.24, 2.45) is 0 Å². The second kappa shape index (κ2) is 8.77. The normalized spacial score (nSPS) is 11.1. The molecule has 0 aliphatic heterocycles. The van der Waals surface area contributed by atoms with Crippen LogP contribution in [0.3, 0.4) is 0 Å². The van der Waals surface area contributed by atoms with E-state index in [0.29, 0.717) is 33.3 Å². The molecule has 0 unspecified atom stereocenters. The van der Waals surface area contributed by atoms with Gasteiger partial charge < -0.3 is 10.1 Å². The van der Waals surface area contributed by atoms with E-state index in [1.54, 1.807) is 61.5 Å². The summed E-state index contributed by atoms with van der Waals surface area (Å²) in [5, 5.41) is 3.19. The number of carbonyl (C=O) groups is 1. The van der Waals surface area contributed by atoms with Crippen LogP contribution in [0.15, 0.2) is 71.6 Å². The molecule has 0 fully saturated rings. The van der Waals surface area contributed by atoms with Crippen molar-refractivity contribution in [3.05, 3.63) is 82.9 Å². The van der Waals surface area contributed by atoms with Gasteiger partial charge in [0.15, 0.2) is 0 Å². The predicted molar refractivity (Wildman–Crippen MR) is 119 cm³/mol. The Morgan fingerprint density at radius 1 is 1.03 bits per heavy atom. The second-order valence-corrected chi connectivity index (χ2v) is 8.96. The van der Waals surface area contributed by atoms with Crippen LogP contribution in [0, 0.1) is 6.92 Å². The van der Waals surface area contributed by atoms with Crippen molar-refractivity contribution >= 4 is 38.9 Å². The smallest absolute Gasteiger partial charge is 0.264 e. The Hall–Kier alpha value is -3.03. The number of nitrogens with one attached hydrogen (secondary N) is 1. The van der Waals surface area contributed by atoms with Crippen LogP contribution in [0.25, 0.3) is 0 Å². The van der Waals surface area contributed by atoms with E-state index in [1.165, 1.54) is 30.6 Å². The third kappa shape index (κ3) is 4.42. The van der Waals surface area contributed by atoms with Crippen LogP contribution in [0.4, 0.5) is 11.4 Å². The lowest BCUT2D eigenvalue weighted by Gasteiger charge is -2.22. The largest absolute Gasteiger partial charge is 0.497 e. The number of hydrogen-bond acceptors (Lipinski definition) is 4. The number of aryl methyl sites for hydroxylation is 1. The zero-order valence-corrected chi connectivity index (χ0v) is 18.3. The Balaban J connectivity index is 1.85. The van der Waals surface area contributed by atoms with Gasteiger partial charge in [-0.2, -0.15) is 0 Å². The lowest BCUT2D eigenvalue weighted by molar-refractivity contribution is 0.102. The molecule has 6 nitrogen and oxygen atoms in total. The van der Waals surface area contributed by atoms with Gasteiger partial charge in [-0.1, -0.05) is 23.7 Å². The van der Waals surface area contributed by atoms with Gasteiger partial charge in [-0.25, -0.2) is 8.42 Å². The maximum Gasteiger partial charge on any atom is 0.264 e.